The highest BCUT2D eigenvalue weighted by Gasteiger charge is 2.05. The zero-order chi connectivity index (χ0) is 7.98. The fraction of sp³-hybridized carbons (Fsp3) is 0.571. The van der Waals surface area contributed by atoms with Gasteiger partial charge in [-0.2, -0.15) is 0 Å². The third-order valence-corrected chi connectivity index (χ3v) is 1.15. The van der Waals surface area contributed by atoms with E-state index in [-0.39, 0.29) is 5.97 Å². The van der Waals surface area contributed by atoms with E-state index in [1.807, 2.05) is 0 Å². The molecule has 58 valence electrons. The highest BCUT2D eigenvalue weighted by atomic mass is 35.5. The normalized spacial score (nSPS) is 9.00. The molecule has 3 heteroatoms. The predicted octanol–water partition coefficient (Wildman–Crippen LogP) is 1.73. The van der Waals surface area contributed by atoms with Crippen LogP contribution in [-0.2, 0) is 9.53 Å². The smallest absolute Gasteiger partial charge is 0.333 e. The SMILES string of the molecule is C=C(CCCl)C(=O)OCC. The van der Waals surface area contributed by atoms with Crippen LogP contribution in [0.25, 0.3) is 0 Å². The molecule has 0 spiro atoms. The first-order valence-corrected chi connectivity index (χ1v) is 3.66. The third-order valence-electron chi connectivity index (χ3n) is 0.960. The maximum atomic E-state index is 10.8. The van der Waals surface area contributed by atoms with E-state index in [0.717, 1.165) is 0 Å². The molecule has 0 rings (SSSR count). The number of rotatable bonds is 4. The molecule has 0 atom stereocenters. The Labute approximate surface area is 65.8 Å². The largest absolute Gasteiger partial charge is 0.463 e. The molecule has 0 aromatic heterocycles. The van der Waals surface area contributed by atoms with Gasteiger partial charge in [-0.25, -0.2) is 4.79 Å². The number of carbonyl (C=O) groups excluding carboxylic acids is 1. The lowest BCUT2D eigenvalue weighted by molar-refractivity contribution is -0.138. The standard InChI is InChI=1S/C7H11ClO2/c1-3-10-7(9)6(2)4-5-8/h2-5H2,1H3. The first-order chi connectivity index (χ1) is 4.72. The van der Waals surface area contributed by atoms with Crippen molar-refractivity contribution in [1.82, 2.24) is 0 Å². The summed E-state index contributed by atoms with van der Waals surface area (Å²) >= 11 is 5.37. The minimum atomic E-state index is -0.344. The summed E-state index contributed by atoms with van der Waals surface area (Å²) < 4.78 is 4.66. The molecule has 0 radical (unpaired) electrons. The van der Waals surface area contributed by atoms with Gasteiger partial charge in [-0.05, 0) is 13.3 Å². The zero-order valence-electron chi connectivity index (χ0n) is 6.02. The molecule has 0 aliphatic rings. The summed E-state index contributed by atoms with van der Waals surface area (Å²) in [5, 5.41) is 0. The van der Waals surface area contributed by atoms with E-state index in [2.05, 4.69) is 11.3 Å². The van der Waals surface area contributed by atoms with Crippen LogP contribution in [0.1, 0.15) is 13.3 Å². The molecular weight excluding hydrogens is 152 g/mol. The molecule has 0 unspecified atom stereocenters. The van der Waals surface area contributed by atoms with Crippen LogP contribution in [0.2, 0.25) is 0 Å². The highest BCUT2D eigenvalue weighted by molar-refractivity contribution is 6.18. The average Bonchev–Trinajstić information content (AvgIpc) is 1.89. The number of carbonyl (C=O) groups is 1. The second kappa shape index (κ2) is 5.30. The van der Waals surface area contributed by atoms with E-state index in [1.165, 1.54) is 0 Å². The van der Waals surface area contributed by atoms with Gasteiger partial charge < -0.3 is 4.74 Å². The fourth-order valence-electron chi connectivity index (χ4n) is 0.449. The second-order valence-electron chi connectivity index (χ2n) is 1.76. The molecule has 0 aliphatic heterocycles. The van der Waals surface area contributed by atoms with Gasteiger partial charge in [-0.15, -0.1) is 11.6 Å². The Balaban J connectivity index is 3.60. The third kappa shape index (κ3) is 3.51. The summed E-state index contributed by atoms with van der Waals surface area (Å²) in [6.07, 6.45) is 0.500. The molecule has 0 N–H and O–H groups in total. The van der Waals surface area contributed by atoms with Gasteiger partial charge in [0.2, 0.25) is 0 Å². The molecule has 0 saturated carbocycles. The highest BCUT2D eigenvalue weighted by Crippen LogP contribution is 2.01. The van der Waals surface area contributed by atoms with Crippen LogP contribution < -0.4 is 0 Å². The molecular formula is C7H11ClO2. The minimum Gasteiger partial charge on any atom is -0.463 e. The molecule has 0 heterocycles. The lowest BCUT2D eigenvalue weighted by atomic mass is 10.2. The van der Waals surface area contributed by atoms with Crippen LogP contribution >= 0.6 is 11.6 Å². The summed E-state index contributed by atoms with van der Waals surface area (Å²) in [6, 6.07) is 0. The van der Waals surface area contributed by atoms with Crippen LogP contribution in [0.15, 0.2) is 12.2 Å². The van der Waals surface area contributed by atoms with Crippen LogP contribution in [0.5, 0.6) is 0 Å². The van der Waals surface area contributed by atoms with E-state index < -0.39 is 0 Å². The van der Waals surface area contributed by atoms with Crippen LogP contribution in [-0.4, -0.2) is 18.5 Å². The topological polar surface area (TPSA) is 26.3 Å². The van der Waals surface area contributed by atoms with Crippen molar-refractivity contribution in [2.75, 3.05) is 12.5 Å². The summed E-state index contributed by atoms with van der Waals surface area (Å²) in [4.78, 5) is 10.8. The molecule has 0 aromatic carbocycles. The number of ether oxygens (including phenoxy) is 1. The van der Waals surface area contributed by atoms with Crippen molar-refractivity contribution in [3.63, 3.8) is 0 Å². The van der Waals surface area contributed by atoms with E-state index in [1.54, 1.807) is 6.92 Å². The Morgan fingerprint density at radius 3 is 2.70 bits per heavy atom. The van der Waals surface area contributed by atoms with Crippen LogP contribution in [0.4, 0.5) is 0 Å². The van der Waals surface area contributed by atoms with Gasteiger partial charge in [0.25, 0.3) is 0 Å². The van der Waals surface area contributed by atoms with Crippen LogP contribution in [0.3, 0.4) is 0 Å². The molecule has 0 fully saturated rings. The molecule has 0 aromatic rings. The number of halogens is 1. The Morgan fingerprint density at radius 1 is 1.70 bits per heavy atom. The Hall–Kier alpha value is -0.500. The van der Waals surface area contributed by atoms with Crippen molar-refractivity contribution in [1.29, 1.82) is 0 Å². The number of hydrogen-bond donors (Lipinski definition) is 0. The van der Waals surface area contributed by atoms with Gasteiger partial charge in [0.05, 0.1) is 6.61 Å². The summed E-state index contributed by atoms with van der Waals surface area (Å²) in [7, 11) is 0. The Kier molecular flexibility index (Phi) is 5.03. The van der Waals surface area contributed by atoms with Gasteiger partial charge in [-0.1, -0.05) is 6.58 Å². The van der Waals surface area contributed by atoms with Crippen molar-refractivity contribution in [2.24, 2.45) is 0 Å². The van der Waals surface area contributed by atoms with Gasteiger partial charge in [0, 0.05) is 11.5 Å². The average molecular weight is 163 g/mol. The van der Waals surface area contributed by atoms with Crippen molar-refractivity contribution >= 4 is 17.6 Å². The van der Waals surface area contributed by atoms with Gasteiger partial charge in [0.1, 0.15) is 0 Å². The van der Waals surface area contributed by atoms with Crippen molar-refractivity contribution in [3.8, 4) is 0 Å². The number of alkyl halides is 1. The number of esters is 1. The molecule has 0 amide bonds. The maximum Gasteiger partial charge on any atom is 0.333 e. The first kappa shape index (κ1) is 9.50. The first-order valence-electron chi connectivity index (χ1n) is 3.13. The Morgan fingerprint density at radius 2 is 2.30 bits per heavy atom. The molecule has 0 saturated heterocycles. The van der Waals surface area contributed by atoms with Gasteiger partial charge >= 0.3 is 5.97 Å². The molecule has 2 nitrogen and oxygen atoms in total. The lowest BCUT2D eigenvalue weighted by Crippen LogP contribution is -2.06. The van der Waals surface area contributed by atoms with E-state index in [4.69, 9.17) is 11.6 Å². The second-order valence-corrected chi connectivity index (χ2v) is 2.14. The predicted molar refractivity (Wildman–Crippen MR) is 41.1 cm³/mol. The quantitative estimate of drug-likeness (QED) is 0.358. The maximum absolute atomic E-state index is 10.8. The summed E-state index contributed by atoms with van der Waals surface area (Å²) in [6.45, 7) is 5.65. The molecule has 0 bridgehead atoms. The van der Waals surface area contributed by atoms with E-state index in [9.17, 15) is 4.79 Å². The molecule has 0 aliphatic carbocycles. The van der Waals surface area contributed by atoms with Crippen LogP contribution in [0, 0.1) is 0 Å². The van der Waals surface area contributed by atoms with E-state index >= 15 is 0 Å². The Bertz CT molecular complexity index is 116. The zero-order valence-corrected chi connectivity index (χ0v) is 6.78. The number of hydrogen-bond acceptors (Lipinski definition) is 2. The summed E-state index contributed by atoms with van der Waals surface area (Å²) in [5.41, 5.74) is 0.442. The summed E-state index contributed by atoms with van der Waals surface area (Å²) in [5.74, 6) is 0.0700. The monoisotopic (exact) mass is 162 g/mol. The van der Waals surface area contributed by atoms with Gasteiger partial charge in [-0.3, -0.25) is 0 Å². The lowest BCUT2D eigenvalue weighted by Gasteiger charge is -2.01. The van der Waals surface area contributed by atoms with Crippen molar-refractivity contribution in [3.05, 3.63) is 12.2 Å². The van der Waals surface area contributed by atoms with Gasteiger partial charge in [0.15, 0.2) is 0 Å². The van der Waals surface area contributed by atoms with Crippen molar-refractivity contribution < 1.29 is 9.53 Å². The van der Waals surface area contributed by atoms with E-state index in [0.29, 0.717) is 24.5 Å². The fourth-order valence-corrected chi connectivity index (χ4v) is 0.677. The van der Waals surface area contributed by atoms with Crippen molar-refractivity contribution in [2.45, 2.75) is 13.3 Å². The minimum absolute atomic E-state index is 0.344. The molecule has 10 heavy (non-hydrogen) atoms.